The molecule has 1 aromatic rings. The summed E-state index contributed by atoms with van der Waals surface area (Å²) in [6.07, 6.45) is 5.53. The molecule has 0 unspecified atom stereocenters. The Bertz CT molecular complexity index is 481. The summed E-state index contributed by atoms with van der Waals surface area (Å²) in [5.41, 5.74) is 0.941. The van der Waals surface area contributed by atoms with Gasteiger partial charge in [-0.25, -0.2) is 0 Å². The first kappa shape index (κ1) is 15.7. The molecule has 0 spiro atoms. The van der Waals surface area contributed by atoms with Crippen LogP contribution in [0.1, 0.15) is 50.6 Å². The Hall–Kier alpha value is -1.71. The molecule has 1 atom stereocenters. The van der Waals surface area contributed by atoms with E-state index in [0.717, 1.165) is 17.1 Å². The molecule has 1 aliphatic carbocycles. The van der Waals surface area contributed by atoms with E-state index in [1.54, 1.807) is 14.2 Å². The molecule has 21 heavy (non-hydrogen) atoms. The van der Waals surface area contributed by atoms with Crippen LogP contribution in [-0.4, -0.2) is 20.1 Å². The molecule has 1 saturated carbocycles. The summed E-state index contributed by atoms with van der Waals surface area (Å²) >= 11 is 0. The number of rotatable bonds is 6. The van der Waals surface area contributed by atoms with Gasteiger partial charge in [0.2, 0.25) is 5.91 Å². The zero-order valence-corrected chi connectivity index (χ0v) is 13.1. The first-order chi connectivity index (χ1) is 10.1. The summed E-state index contributed by atoms with van der Waals surface area (Å²) in [6.45, 7) is 1.98. The Morgan fingerprint density at radius 2 is 2.00 bits per heavy atom. The van der Waals surface area contributed by atoms with E-state index in [-0.39, 0.29) is 11.9 Å². The number of methoxy groups -OCH3 is 2. The molecule has 2 rings (SSSR count). The fourth-order valence-corrected chi connectivity index (χ4v) is 3.03. The molecule has 4 nitrogen and oxygen atoms in total. The lowest BCUT2D eigenvalue weighted by Crippen LogP contribution is -2.28. The Kier molecular flexibility index (Phi) is 5.48. The first-order valence-corrected chi connectivity index (χ1v) is 7.65. The molecule has 1 fully saturated rings. The highest BCUT2D eigenvalue weighted by Gasteiger charge is 2.20. The lowest BCUT2D eigenvalue weighted by molar-refractivity contribution is -0.122. The second-order valence-corrected chi connectivity index (χ2v) is 5.75. The highest BCUT2D eigenvalue weighted by atomic mass is 16.5. The summed E-state index contributed by atoms with van der Waals surface area (Å²) in [5, 5.41) is 3.07. The van der Waals surface area contributed by atoms with Crippen LogP contribution < -0.4 is 14.8 Å². The summed E-state index contributed by atoms with van der Waals surface area (Å²) < 4.78 is 10.6. The second-order valence-electron chi connectivity index (χ2n) is 5.75. The van der Waals surface area contributed by atoms with Crippen molar-refractivity contribution in [2.75, 3.05) is 14.2 Å². The van der Waals surface area contributed by atoms with Crippen LogP contribution in [0.3, 0.4) is 0 Å². The van der Waals surface area contributed by atoms with E-state index >= 15 is 0 Å². The van der Waals surface area contributed by atoms with Crippen LogP contribution in [0.5, 0.6) is 11.5 Å². The Morgan fingerprint density at radius 1 is 1.29 bits per heavy atom. The summed E-state index contributed by atoms with van der Waals surface area (Å²) in [7, 11) is 3.27. The normalized spacial score (nSPS) is 16.5. The number of amides is 1. The summed E-state index contributed by atoms with van der Waals surface area (Å²) in [5.74, 6) is 2.22. The van der Waals surface area contributed by atoms with Crippen molar-refractivity contribution in [2.45, 2.75) is 45.1 Å². The van der Waals surface area contributed by atoms with Crippen LogP contribution in [0.2, 0.25) is 0 Å². The Morgan fingerprint density at radius 3 is 2.62 bits per heavy atom. The van der Waals surface area contributed by atoms with E-state index in [1.807, 2.05) is 25.1 Å². The molecule has 0 radical (unpaired) electrons. The number of carbonyl (C=O) groups is 1. The topological polar surface area (TPSA) is 47.6 Å². The lowest BCUT2D eigenvalue weighted by atomic mass is 10.0. The van der Waals surface area contributed by atoms with Gasteiger partial charge in [0.25, 0.3) is 0 Å². The molecule has 0 bridgehead atoms. The SMILES string of the molecule is COc1ccc(OC)c([C@H](C)NC(=O)CC2CCCC2)c1. The molecular formula is C17H25NO3. The van der Waals surface area contributed by atoms with Gasteiger partial charge in [-0.1, -0.05) is 12.8 Å². The number of hydrogen-bond acceptors (Lipinski definition) is 3. The largest absolute Gasteiger partial charge is 0.497 e. The standard InChI is InChI=1S/C17H25NO3/c1-12(18-17(19)10-13-6-4-5-7-13)15-11-14(20-2)8-9-16(15)21-3/h8-9,11-13H,4-7,10H2,1-3H3,(H,18,19)/t12-/m0/s1. The molecular weight excluding hydrogens is 266 g/mol. The zero-order valence-electron chi connectivity index (χ0n) is 13.1. The molecule has 1 aromatic carbocycles. The smallest absolute Gasteiger partial charge is 0.220 e. The van der Waals surface area contributed by atoms with Gasteiger partial charge in [-0.2, -0.15) is 0 Å². The maximum absolute atomic E-state index is 12.2. The van der Waals surface area contributed by atoms with Crippen molar-refractivity contribution in [2.24, 2.45) is 5.92 Å². The third kappa shape index (κ3) is 4.13. The molecule has 4 heteroatoms. The third-order valence-electron chi connectivity index (χ3n) is 4.23. The summed E-state index contributed by atoms with van der Waals surface area (Å²) in [4.78, 5) is 12.2. The number of carbonyl (C=O) groups excluding carboxylic acids is 1. The molecule has 1 amide bonds. The fourth-order valence-electron chi connectivity index (χ4n) is 3.03. The van der Waals surface area contributed by atoms with Gasteiger partial charge in [-0.3, -0.25) is 4.79 Å². The minimum atomic E-state index is -0.0936. The van der Waals surface area contributed by atoms with Gasteiger partial charge in [-0.05, 0) is 43.9 Å². The zero-order chi connectivity index (χ0) is 15.2. The highest BCUT2D eigenvalue weighted by Crippen LogP contribution is 2.30. The highest BCUT2D eigenvalue weighted by molar-refractivity contribution is 5.76. The van der Waals surface area contributed by atoms with E-state index in [0.29, 0.717) is 12.3 Å². The van der Waals surface area contributed by atoms with Crippen molar-refractivity contribution < 1.29 is 14.3 Å². The van der Waals surface area contributed by atoms with Crippen LogP contribution in [-0.2, 0) is 4.79 Å². The van der Waals surface area contributed by atoms with Gasteiger partial charge in [-0.15, -0.1) is 0 Å². The predicted molar refractivity (Wildman–Crippen MR) is 82.7 cm³/mol. The average molecular weight is 291 g/mol. The van der Waals surface area contributed by atoms with Crippen LogP contribution in [0.4, 0.5) is 0 Å². The van der Waals surface area contributed by atoms with Gasteiger partial charge in [0.15, 0.2) is 0 Å². The molecule has 0 saturated heterocycles. The van der Waals surface area contributed by atoms with Gasteiger partial charge < -0.3 is 14.8 Å². The quantitative estimate of drug-likeness (QED) is 0.873. The van der Waals surface area contributed by atoms with E-state index < -0.39 is 0 Å². The number of hydrogen-bond donors (Lipinski definition) is 1. The number of ether oxygens (including phenoxy) is 2. The van der Waals surface area contributed by atoms with Crippen LogP contribution in [0.15, 0.2) is 18.2 Å². The van der Waals surface area contributed by atoms with E-state index in [1.165, 1.54) is 25.7 Å². The van der Waals surface area contributed by atoms with Crippen molar-refractivity contribution in [3.05, 3.63) is 23.8 Å². The maximum Gasteiger partial charge on any atom is 0.220 e. The van der Waals surface area contributed by atoms with Gasteiger partial charge in [0.05, 0.1) is 20.3 Å². The van der Waals surface area contributed by atoms with Crippen molar-refractivity contribution in [3.63, 3.8) is 0 Å². The average Bonchev–Trinajstić information content (AvgIpc) is 2.99. The van der Waals surface area contributed by atoms with Crippen LogP contribution in [0.25, 0.3) is 0 Å². The molecule has 0 aliphatic heterocycles. The minimum Gasteiger partial charge on any atom is -0.497 e. The van der Waals surface area contributed by atoms with E-state index in [9.17, 15) is 4.79 Å². The number of benzene rings is 1. The van der Waals surface area contributed by atoms with Crippen molar-refractivity contribution in [3.8, 4) is 11.5 Å². The van der Waals surface area contributed by atoms with Crippen molar-refractivity contribution >= 4 is 5.91 Å². The lowest BCUT2D eigenvalue weighted by Gasteiger charge is -2.19. The van der Waals surface area contributed by atoms with E-state index in [4.69, 9.17) is 9.47 Å². The maximum atomic E-state index is 12.2. The Labute approximate surface area is 126 Å². The monoisotopic (exact) mass is 291 g/mol. The molecule has 1 N–H and O–H groups in total. The van der Waals surface area contributed by atoms with Crippen molar-refractivity contribution in [1.82, 2.24) is 5.32 Å². The van der Waals surface area contributed by atoms with Gasteiger partial charge >= 0.3 is 0 Å². The fraction of sp³-hybridized carbons (Fsp3) is 0.588. The predicted octanol–water partition coefficient (Wildman–Crippen LogP) is 3.46. The van der Waals surface area contributed by atoms with Crippen LogP contribution in [0, 0.1) is 5.92 Å². The van der Waals surface area contributed by atoms with Gasteiger partial charge in [0.1, 0.15) is 11.5 Å². The molecule has 0 aromatic heterocycles. The van der Waals surface area contributed by atoms with Crippen molar-refractivity contribution in [1.29, 1.82) is 0 Å². The Balaban J connectivity index is 2.01. The number of nitrogens with one attached hydrogen (secondary N) is 1. The first-order valence-electron chi connectivity index (χ1n) is 7.65. The minimum absolute atomic E-state index is 0.0936. The summed E-state index contributed by atoms with van der Waals surface area (Å²) in [6, 6.07) is 5.55. The molecule has 116 valence electrons. The van der Waals surface area contributed by atoms with Gasteiger partial charge in [0, 0.05) is 12.0 Å². The van der Waals surface area contributed by atoms with E-state index in [2.05, 4.69) is 5.32 Å². The molecule has 1 aliphatic rings. The van der Waals surface area contributed by atoms with Crippen LogP contribution >= 0.6 is 0 Å². The third-order valence-corrected chi connectivity index (χ3v) is 4.23. The second kappa shape index (κ2) is 7.34. The molecule has 0 heterocycles.